The maximum Gasteiger partial charge on any atom is 0.300 e. The molecule has 0 radical (unpaired) electrons. The van der Waals surface area contributed by atoms with Gasteiger partial charge >= 0.3 is 0 Å². The van der Waals surface area contributed by atoms with Crippen LogP contribution in [0.4, 0.5) is 15.8 Å². The minimum Gasteiger partial charge on any atom is -0.507 e. The van der Waals surface area contributed by atoms with E-state index in [9.17, 15) is 23.9 Å². The van der Waals surface area contributed by atoms with Crippen LogP contribution in [-0.4, -0.2) is 22.7 Å². The molecule has 2 amide bonds. The highest BCUT2D eigenvalue weighted by Crippen LogP contribution is 2.43. The molecule has 2 N–H and O–H groups in total. The van der Waals surface area contributed by atoms with Gasteiger partial charge < -0.3 is 10.4 Å². The second-order valence-electron chi connectivity index (χ2n) is 7.43. The van der Waals surface area contributed by atoms with Gasteiger partial charge in [-0.3, -0.25) is 19.3 Å². The minimum atomic E-state index is -1.20. The first-order valence-corrected chi connectivity index (χ1v) is 10.3. The quantitative estimate of drug-likeness (QED) is 0.321. The number of rotatable bonds is 4. The number of carbonyl (C=O) groups excluding carboxylic acids is 3. The van der Waals surface area contributed by atoms with Crippen LogP contribution < -0.4 is 10.2 Å². The van der Waals surface area contributed by atoms with Gasteiger partial charge in [0.25, 0.3) is 11.7 Å². The Bertz CT molecular complexity index is 1290. The Morgan fingerprint density at radius 2 is 1.64 bits per heavy atom. The van der Waals surface area contributed by atoms with Crippen LogP contribution in [0.15, 0.2) is 78.4 Å². The van der Waals surface area contributed by atoms with Crippen molar-refractivity contribution in [2.45, 2.75) is 13.0 Å². The Hall–Kier alpha value is -3.97. The molecule has 33 heavy (non-hydrogen) atoms. The van der Waals surface area contributed by atoms with Crippen LogP contribution in [0.5, 0.6) is 0 Å². The summed E-state index contributed by atoms with van der Waals surface area (Å²) in [6, 6.07) is 16.8. The molecule has 3 aromatic carbocycles. The van der Waals surface area contributed by atoms with E-state index in [1.54, 1.807) is 18.2 Å². The van der Waals surface area contributed by atoms with Crippen LogP contribution >= 0.6 is 11.6 Å². The summed E-state index contributed by atoms with van der Waals surface area (Å²) in [4.78, 5) is 38.6. The van der Waals surface area contributed by atoms with Crippen LogP contribution in [-0.2, 0) is 14.4 Å². The van der Waals surface area contributed by atoms with Crippen molar-refractivity contribution >= 4 is 46.3 Å². The van der Waals surface area contributed by atoms with E-state index < -0.39 is 29.3 Å². The monoisotopic (exact) mass is 464 g/mol. The zero-order valence-corrected chi connectivity index (χ0v) is 18.1. The number of halogens is 2. The third-order valence-electron chi connectivity index (χ3n) is 5.23. The second-order valence-corrected chi connectivity index (χ2v) is 7.86. The van der Waals surface area contributed by atoms with E-state index >= 15 is 0 Å². The molecule has 6 nitrogen and oxygen atoms in total. The predicted molar refractivity (Wildman–Crippen MR) is 123 cm³/mol. The summed E-state index contributed by atoms with van der Waals surface area (Å²) < 4.78 is 14.9. The van der Waals surface area contributed by atoms with Gasteiger partial charge in [0.1, 0.15) is 11.6 Å². The van der Waals surface area contributed by atoms with Gasteiger partial charge in [0, 0.05) is 34.4 Å². The van der Waals surface area contributed by atoms with Crippen LogP contribution in [0.1, 0.15) is 24.1 Å². The normalized spacial score (nSPS) is 17.3. The lowest BCUT2D eigenvalue weighted by Gasteiger charge is -2.26. The van der Waals surface area contributed by atoms with Gasteiger partial charge in [-0.05, 0) is 54.6 Å². The molecule has 1 aliphatic heterocycles. The molecule has 1 heterocycles. The Balaban J connectivity index is 1.89. The third kappa shape index (κ3) is 4.23. The molecule has 4 rings (SSSR count). The van der Waals surface area contributed by atoms with Crippen molar-refractivity contribution < 1.29 is 23.9 Å². The van der Waals surface area contributed by atoms with Crippen molar-refractivity contribution in [2.75, 3.05) is 10.2 Å². The van der Waals surface area contributed by atoms with E-state index in [1.165, 1.54) is 61.5 Å². The largest absolute Gasteiger partial charge is 0.507 e. The van der Waals surface area contributed by atoms with E-state index in [-0.39, 0.29) is 22.6 Å². The number of hydrogen-bond acceptors (Lipinski definition) is 4. The molecule has 8 heteroatoms. The van der Waals surface area contributed by atoms with Gasteiger partial charge in [0.15, 0.2) is 0 Å². The number of anilines is 2. The molecule has 1 atom stereocenters. The molecule has 1 fully saturated rings. The highest BCUT2D eigenvalue weighted by molar-refractivity contribution is 6.51. The van der Waals surface area contributed by atoms with Crippen molar-refractivity contribution in [1.29, 1.82) is 0 Å². The molecule has 1 aliphatic rings. The second kappa shape index (κ2) is 8.88. The van der Waals surface area contributed by atoms with Crippen LogP contribution in [0, 0.1) is 5.82 Å². The number of nitrogens with one attached hydrogen (secondary N) is 1. The predicted octanol–water partition coefficient (Wildman–Crippen LogP) is 5.06. The van der Waals surface area contributed by atoms with Crippen LogP contribution in [0.3, 0.4) is 0 Å². The Labute approximate surface area is 193 Å². The van der Waals surface area contributed by atoms with E-state index in [1.807, 2.05) is 0 Å². The van der Waals surface area contributed by atoms with Crippen molar-refractivity contribution in [3.05, 3.63) is 100 Å². The Kier molecular flexibility index (Phi) is 5.98. The fraction of sp³-hybridized carbons (Fsp3) is 0.0800. The standard InChI is InChI=1S/C25H18ClFN2O4/c1-14(30)28-17-10-12-18(13-11-17)29-22(19-4-2-3-5-20(19)27)21(24(32)25(29)33)23(31)15-6-8-16(26)9-7-15/h2-13,22,31H,1H3,(H,28,30)/b23-21+/t22-/m1/s1. The Morgan fingerprint density at radius 1 is 1.00 bits per heavy atom. The lowest BCUT2D eigenvalue weighted by atomic mass is 9.94. The Morgan fingerprint density at radius 3 is 2.24 bits per heavy atom. The molecule has 3 aromatic rings. The average Bonchev–Trinajstić information content (AvgIpc) is 3.05. The number of Topliss-reactive ketones (excluding diaryl/α,β-unsaturated/α-hetero) is 1. The van der Waals surface area contributed by atoms with Gasteiger partial charge in [0.2, 0.25) is 5.91 Å². The lowest BCUT2D eigenvalue weighted by molar-refractivity contribution is -0.132. The highest BCUT2D eigenvalue weighted by atomic mass is 35.5. The summed E-state index contributed by atoms with van der Waals surface area (Å²) in [5, 5.41) is 14.0. The molecule has 0 saturated carbocycles. The molecule has 0 aromatic heterocycles. The summed E-state index contributed by atoms with van der Waals surface area (Å²) in [5.74, 6) is -3.19. The van der Waals surface area contributed by atoms with E-state index in [0.29, 0.717) is 16.4 Å². The maximum absolute atomic E-state index is 14.9. The van der Waals surface area contributed by atoms with Gasteiger partial charge in [-0.25, -0.2) is 4.39 Å². The number of aliphatic hydroxyl groups excluding tert-OH is 1. The molecule has 0 bridgehead atoms. The third-order valence-corrected chi connectivity index (χ3v) is 5.48. The molecule has 0 aliphatic carbocycles. The minimum absolute atomic E-state index is 0.0538. The zero-order chi connectivity index (χ0) is 23.7. The average molecular weight is 465 g/mol. The molecule has 0 spiro atoms. The number of ketones is 1. The maximum atomic E-state index is 14.9. The molecular weight excluding hydrogens is 447 g/mol. The van der Waals surface area contributed by atoms with Gasteiger partial charge in [-0.2, -0.15) is 0 Å². The summed E-state index contributed by atoms with van der Waals surface area (Å²) >= 11 is 5.92. The van der Waals surface area contributed by atoms with Crippen LogP contribution in [0.25, 0.3) is 5.76 Å². The topological polar surface area (TPSA) is 86.7 Å². The van der Waals surface area contributed by atoms with Crippen molar-refractivity contribution in [2.24, 2.45) is 0 Å². The number of benzene rings is 3. The number of aliphatic hydroxyl groups is 1. The fourth-order valence-electron chi connectivity index (χ4n) is 3.76. The number of nitrogens with zero attached hydrogens (tertiary/aromatic N) is 1. The van der Waals surface area contributed by atoms with Crippen molar-refractivity contribution in [3.8, 4) is 0 Å². The van der Waals surface area contributed by atoms with Crippen molar-refractivity contribution in [3.63, 3.8) is 0 Å². The number of carbonyl (C=O) groups is 3. The first-order valence-electron chi connectivity index (χ1n) is 9.97. The highest BCUT2D eigenvalue weighted by Gasteiger charge is 2.47. The first-order chi connectivity index (χ1) is 15.8. The zero-order valence-electron chi connectivity index (χ0n) is 17.4. The summed E-state index contributed by atoms with van der Waals surface area (Å²) in [5.41, 5.74) is 0.873. The first kappa shape index (κ1) is 22.2. The number of hydrogen-bond donors (Lipinski definition) is 2. The summed E-state index contributed by atoms with van der Waals surface area (Å²) in [6.07, 6.45) is 0. The van der Waals surface area contributed by atoms with Gasteiger partial charge in [0.05, 0.1) is 11.6 Å². The molecular formula is C25H18ClFN2O4. The SMILES string of the molecule is CC(=O)Nc1ccc(N2C(=O)C(=O)/C(=C(/O)c3ccc(Cl)cc3)[C@H]2c2ccccc2F)cc1. The summed E-state index contributed by atoms with van der Waals surface area (Å²) in [6.45, 7) is 1.36. The molecule has 166 valence electrons. The number of amides is 2. The fourth-order valence-corrected chi connectivity index (χ4v) is 3.89. The lowest BCUT2D eigenvalue weighted by Crippen LogP contribution is -2.29. The van der Waals surface area contributed by atoms with Gasteiger partial charge in [-0.1, -0.05) is 29.8 Å². The van der Waals surface area contributed by atoms with E-state index in [2.05, 4.69) is 5.32 Å². The molecule has 0 unspecified atom stereocenters. The smallest absolute Gasteiger partial charge is 0.300 e. The van der Waals surface area contributed by atoms with E-state index in [0.717, 1.165) is 4.90 Å². The molecule has 1 saturated heterocycles. The van der Waals surface area contributed by atoms with Gasteiger partial charge in [-0.15, -0.1) is 0 Å². The van der Waals surface area contributed by atoms with Crippen LogP contribution in [0.2, 0.25) is 5.02 Å². The summed E-state index contributed by atoms with van der Waals surface area (Å²) in [7, 11) is 0. The van der Waals surface area contributed by atoms with Crippen molar-refractivity contribution in [1.82, 2.24) is 0 Å². The van der Waals surface area contributed by atoms with E-state index in [4.69, 9.17) is 11.6 Å².